The first-order valence-electron chi connectivity index (χ1n) is 6.62. The summed E-state index contributed by atoms with van der Waals surface area (Å²) in [6.45, 7) is 0. The van der Waals surface area contributed by atoms with Gasteiger partial charge in [-0.25, -0.2) is 0 Å². The molecule has 0 bridgehead atoms. The molecule has 0 aliphatic heterocycles. The van der Waals surface area contributed by atoms with E-state index in [9.17, 15) is 0 Å². The van der Waals surface area contributed by atoms with Gasteiger partial charge >= 0.3 is 0 Å². The maximum Gasteiger partial charge on any atom is 0.214 e. The minimum Gasteiger partial charge on any atom is -0.188 e. The molecule has 0 aliphatic carbocycles. The van der Waals surface area contributed by atoms with E-state index in [1.54, 1.807) is 16.4 Å². The fraction of sp³-hybridized carbons (Fsp3) is 0.0625. The first-order chi connectivity index (χ1) is 10.4. The zero-order chi connectivity index (χ0) is 14.3. The fourth-order valence-electron chi connectivity index (χ4n) is 1.87. The van der Waals surface area contributed by atoms with Crippen molar-refractivity contribution in [1.82, 2.24) is 20.2 Å². The van der Waals surface area contributed by atoms with E-state index in [1.807, 2.05) is 48.5 Å². The van der Waals surface area contributed by atoms with Crippen LogP contribution in [0.2, 0.25) is 0 Å². The van der Waals surface area contributed by atoms with Crippen molar-refractivity contribution in [2.24, 2.45) is 0 Å². The van der Waals surface area contributed by atoms with Gasteiger partial charge in [0.25, 0.3) is 0 Å². The monoisotopic (exact) mass is 294 g/mol. The number of thioether (sulfide) groups is 1. The van der Waals surface area contributed by atoms with Crippen LogP contribution in [0.3, 0.4) is 0 Å². The van der Waals surface area contributed by atoms with Gasteiger partial charge in [0.2, 0.25) is 5.16 Å². The Labute approximate surface area is 127 Å². The first-order valence-corrected chi connectivity index (χ1v) is 7.60. The Balaban J connectivity index is 1.65. The van der Waals surface area contributed by atoms with Crippen LogP contribution in [-0.2, 0) is 0 Å². The summed E-state index contributed by atoms with van der Waals surface area (Å²) < 4.78 is 1.75. The lowest BCUT2D eigenvalue weighted by Crippen LogP contribution is -1.98. The molecule has 1 aromatic heterocycles. The van der Waals surface area contributed by atoms with Crippen molar-refractivity contribution in [2.75, 3.05) is 5.75 Å². The maximum absolute atomic E-state index is 4.07. The molecular weight excluding hydrogens is 280 g/mol. The molecule has 0 saturated carbocycles. The highest BCUT2D eigenvalue weighted by molar-refractivity contribution is 7.99. The molecule has 21 heavy (non-hydrogen) atoms. The quantitative estimate of drug-likeness (QED) is 0.676. The lowest BCUT2D eigenvalue weighted by atomic mass is 10.2. The number of hydrogen-bond donors (Lipinski definition) is 0. The minimum atomic E-state index is 0.791. The third kappa shape index (κ3) is 3.58. The summed E-state index contributed by atoms with van der Waals surface area (Å²) in [4.78, 5) is 0. The van der Waals surface area contributed by atoms with Gasteiger partial charge in [-0.05, 0) is 28.1 Å². The molecule has 0 atom stereocenters. The zero-order valence-corrected chi connectivity index (χ0v) is 12.1. The summed E-state index contributed by atoms with van der Waals surface area (Å²) in [5.41, 5.74) is 2.16. The first kappa shape index (κ1) is 13.6. The molecular formula is C16H14N4S. The Morgan fingerprint density at radius 3 is 2.43 bits per heavy atom. The van der Waals surface area contributed by atoms with Crippen LogP contribution in [0.25, 0.3) is 11.8 Å². The van der Waals surface area contributed by atoms with Gasteiger partial charge in [-0.1, -0.05) is 72.4 Å². The number of para-hydroxylation sites is 1. The van der Waals surface area contributed by atoms with E-state index < -0.39 is 0 Å². The number of rotatable bonds is 5. The van der Waals surface area contributed by atoms with E-state index in [4.69, 9.17) is 0 Å². The van der Waals surface area contributed by atoms with E-state index in [2.05, 4.69) is 39.8 Å². The molecule has 0 spiro atoms. The van der Waals surface area contributed by atoms with Crippen molar-refractivity contribution in [2.45, 2.75) is 5.16 Å². The number of tetrazole rings is 1. The molecule has 0 N–H and O–H groups in total. The topological polar surface area (TPSA) is 43.6 Å². The minimum absolute atomic E-state index is 0.791. The molecule has 0 aliphatic rings. The van der Waals surface area contributed by atoms with Gasteiger partial charge in [0.15, 0.2) is 0 Å². The second kappa shape index (κ2) is 6.85. The Morgan fingerprint density at radius 1 is 0.952 bits per heavy atom. The SMILES string of the molecule is C(=C/c1ccccc1)/CSc1nnnn1-c1ccccc1. The second-order valence-corrected chi connectivity index (χ2v) is 5.32. The zero-order valence-electron chi connectivity index (χ0n) is 11.3. The van der Waals surface area contributed by atoms with Crippen LogP contribution in [0.15, 0.2) is 71.9 Å². The summed E-state index contributed by atoms with van der Waals surface area (Å²) >= 11 is 1.61. The predicted molar refractivity (Wildman–Crippen MR) is 85.4 cm³/mol. The smallest absolute Gasteiger partial charge is 0.188 e. The third-order valence-corrected chi connectivity index (χ3v) is 3.73. The van der Waals surface area contributed by atoms with Crippen molar-refractivity contribution >= 4 is 17.8 Å². The van der Waals surface area contributed by atoms with Crippen LogP contribution in [0, 0.1) is 0 Å². The number of nitrogens with zero attached hydrogens (tertiary/aromatic N) is 4. The van der Waals surface area contributed by atoms with Crippen LogP contribution in [0.1, 0.15) is 5.56 Å². The van der Waals surface area contributed by atoms with Crippen LogP contribution >= 0.6 is 11.8 Å². The van der Waals surface area contributed by atoms with E-state index >= 15 is 0 Å². The lowest BCUT2D eigenvalue weighted by molar-refractivity contribution is 0.757. The highest BCUT2D eigenvalue weighted by Gasteiger charge is 2.07. The Morgan fingerprint density at radius 2 is 1.67 bits per heavy atom. The molecule has 104 valence electrons. The number of aromatic nitrogens is 4. The molecule has 0 amide bonds. The van der Waals surface area contributed by atoms with Gasteiger partial charge < -0.3 is 0 Å². The van der Waals surface area contributed by atoms with Crippen LogP contribution in [-0.4, -0.2) is 26.0 Å². The van der Waals surface area contributed by atoms with Crippen molar-refractivity contribution in [3.63, 3.8) is 0 Å². The summed E-state index contributed by atoms with van der Waals surface area (Å²) in [5.74, 6) is 0.822. The third-order valence-electron chi connectivity index (χ3n) is 2.86. The van der Waals surface area contributed by atoms with Crippen molar-refractivity contribution in [3.8, 4) is 5.69 Å². The molecule has 4 nitrogen and oxygen atoms in total. The van der Waals surface area contributed by atoms with E-state index in [0.29, 0.717) is 0 Å². The highest BCUT2D eigenvalue weighted by Crippen LogP contribution is 2.18. The Bertz CT molecular complexity index is 707. The Kier molecular flexibility index (Phi) is 4.43. The predicted octanol–water partition coefficient (Wildman–Crippen LogP) is 3.47. The summed E-state index contributed by atoms with van der Waals surface area (Å²) in [7, 11) is 0. The molecule has 0 radical (unpaired) electrons. The van der Waals surface area contributed by atoms with Gasteiger partial charge in [-0.15, -0.1) is 5.10 Å². The number of benzene rings is 2. The van der Waals surface area contributed by atoms with Crippen molar-refractivity contribution in [3.05, 3.63) is 72.3 Å². The second-order valence-electron chi connectivity index (χ2n) is 4.33. The lowest BCUT2D eigenvalue weighted by Gasteiger charge is -2.02. The maximum atomic E-state index is 4.07. The van der Waals surface area contributed by atoms with Gasteiger partial charge in [-0.3, -0.25) is 0 Å². The fourth-order valence-corrected chi connectivity index (χ4v) is 2.57. The van der Waals surface area contributed by atoms with Crippen LogP contribution in [0.4, 0.5) is 0 Å². The van der Waals surface area contributed by atoms with E-state index in [0.717, 1.165) is 16.6 Å². The molecule has 0 unspecified atom stereocenters. The van der Waals surface area contributed by atoms with E-state index in [1.165, 1.54) is 5.56 Å². The summed E-state index contributed by atoms with van der Waals surface area (Å²) in [5, 5.41) is 12.6. The molecule has 5 heteroatoms. The molecule has 0 fully saturated rings. The van der Waals surface area contributed by atoms with Crippen LogP contribution in [0.5, 0.6) is 0 Å². The molecule has 1 heterocycles. The van der Waals surface area contributed by atoms with Crippen molar-refractivity contribution in [1.29, 1.82) is 0 Å². The molecule has 2 aromatic carbocycles. The molecule has 0 saturated heterocycles. The highest BCUT2D eigenvalue weighted by atomic mass is 32.2. The molecule has 3 aromatic rings. The average Bonchev–Trinajstić information content (AvgIpc) is 3.02. The number of hydrogen-bond acceptors (Lipinski definition) is 4. The molecule has 3 rings (SSSR count). The summed E-state index contributed by atoms with van der Waals surface area (Å²) in [6, 6.07) is 20.1. The van der Waals surface area contributed by atoms with Gasteiger partial charge in [0.1, 0.15) is 0 Å². The van der Waals surface area contributed by atoms with Gasteiger partial charge in [0.05, 0.1) is 5.69 Å². The summed E-state index contributed by atoms with van der Waals surface area (Å²) in [6.07, 6.45) is 4.22. The standard InChI is InChI=1S/C16H14N4S/c1-3-8-14(9-4-1)10-7-13-21-16-17-18-19-20(16)15-11-5-2-6-12-15/h1-12H,13H2/b10-7-. The van der Waals surface area contributed by atoms with Crippen LogP contribution < -0.4 is 0 Å². The van der Waals surface area contributed by atoms with Crippen molar-refractivity contribution < 1.29 is 0 Å². The largest absolute Gasteiger partial charge is 0.214 e. The van der Waals surface area contributed by atoms with Gasteiger partial charge in [0, 0.05) is 5.75 Å². The Hall–Kier alpha value is -2.40. The normalized spacial score (nSPS) is 11.0. The van der Waals surface area contributed by atoms with E-state index in [-0.39, 0.29) is 0 Å². The average molecular weight is 294 g/mol. The van der Waals surface area contributed by atoms with Gasteiger partial charge in [-0.2, -0.15) is 4.68 Å².